The van der Waals surface area contributed by atoms with Crippen LogP contribution in [-0.4, -0.2) is 10.9 Å². The molecule has 0 aromatic heterocycles. The summed E-state index contributed by atoms with van der Waals surface area (Å²) in [5, 5.41) is 17.3. The number of hydrogen-bond donors (Lipinski definition) is 2. The molecule has 2 aromatic carbocycles. The Morgan fingerprint density at radius 1 is 0.783 bits per heavy atom. The molecule has 2 aliphatic rings. The second-order valence-electron chi connectivity index (χ2n) is 6.61. The first-order chi connectivity index (χ1) is 11.4. The molecule has 0 unspecified atom stereocenters. The quantitative estimate of drug-likeness (QED) is 0.641. The van der Waals surface area contributed by atoms with Crippen LogP contribution in [0.1, 0.15) is 42.5 Å². The molecule has 4 rings (SSSR count). The lowest BCUT2D eigenvalue weighted by molar-refractivity contribution is 0.214. The van der Waals surface area contributed by atoms with Crippen LogP contribution in [0.4, 0.5) is 0 Å². The Morgan fingerprint density at radius 3 is 1.70 bits per heavy atom. The molecule has 1 aliphatic heterocycles. The molecular formula is C20H22N2O. The maximum atomic E-state index is 9.69. The molecule has 1 saturated carbocycles. The number of nitrogens with one attached hydrogen (secondary N) is 1. The van der Waals surface area contributed by atoms with Crippen molar-refractivity contribution in [3.05, 3.63) is 71.8 Å². The first-order valence-electron chi connectivity index (χ1n) is 8.46. The fraction of sp³-hybridized carbons (Fsp3) is 0.350. The highest BCUT2D eigenvalue weighted by atomic mass is 16.4. The van der Waals surface area contributed by atoms with Crippen molar-refractivity contribution in [2.24, 2.45) is 17.0 Å². The van der Waals surface area contributed by atoms with Crippen molar-refractivity contribution < 1.29 is 5.21 Å². The number of nitrogens with zero attached hydrogens (tertiary/aromatic N) is 1. The first kappa shape index (κ1) is 14.5. The van der Waals surface area contributed by atoms with Crippen LogP contribution in [0.15, 0.2) is 65.8 Å². The Balaban J connectivity index is 1.76. The van der Waals surface area contributed by atoms with E-state index in [2.05, 4.69) is 59.0 Å². The molecule has 23 heavy (non-hydrogen) atoms. The fourth-order valence-electron chi connectivity index (χ4n) is 4.36. The van der Waals surface area contributed by atoms with Crippen molar-refractivity contribution in [3.63, 3.8) is 0 Å². The summed E-state index contributed by atoms with van der Waals surface area (Å²) in [5.74, 6) is 0.585. The average Bonchev–Trinajstić information content (AvgIpc) is 2.63. The monoisotopic (exact) mass is 306 g/mol. The molecule has 1 heterocycles. The second-order valence-corrected chi connectivity index (χ2v) is 6.61. The maximum absolute atomic E-state index is 9.69. The van der Waals surface area contributed by atoms with Gasteiger partial charge in [-0.15, -0.1) is 0 Å². The topological polar surface area (TPSA) is 44.6 Å². The van der Waals surface area contributed by atoms with Crippen LogP contribution in [0.25, 0.3) is 0 Å². The fourth-order valence-corrected chi connectivity index (χ4v) is 4.36. The summed E-state index contributed by atoms with van der Waals surface area (Å²) in [5.41, 5.74) is 3.54. The maximum Gasteiger partial charge on any atom is 0.0670 e. The van der Waals surface area contributed by atoms with Gasteiger partial charge in [0.2, 0.25) is 0 Å². The molecule has 0 spiro atoms. The van der Waals surface area contributed by atoms with Gasteiger partial charge in [0.05, 0.1) is 5.71 Å². The van der Waals surface area contributed by atoms with Gasteiger partial charge in [0.1, 0.15) is 0 Å². The number of rotatable bonds is 2. The summed E-state index contributed by atoms with van der Waals surface area (Å²) >= 11 is 0. The van der Waals surface area contributed by atoms with Crippen molar-refractivity contribution in [2.75, 3.05) is 0 Å². The molecule has 118 valence electrons. The van der Waals surface area contributed by atoms with Crippen LogP contribution in [-0.2, 0) is 0 Å². The Bertz CT molecular complexity index is 628. The third-order valence-corrected chi connectivity index (χ3v) is 5.39. The number of piperidine rings is 1. The lowest BCUT2D eigenvalue weighted by Crippen LogP contribution is -2.50. The number of oxime groups is 1. The minimum absolute atomic E-state index is 0.212. The Labute approximate surface area is 137 Å². The van der Waals surface area contributed by atoms with Crippen molar-refractivity contribution in [2.45, 2.75) is 31.3 Å². The van der Waals surface area contributed by atoms with Gasteiger partial charge in [-0.2, -0.15) is 0 Å². The number of benzene rings is 2. The van der Waals surface area contributed by atoms with E-state index in [1.54, 1.807) is 0 Å². The number of hydrogen-bond acceptors (Lipinski definition) is 3. The molecule has 1 saturated heterocycles. The van der Waals surface area contributed by atoms with Crippen LogP contribution in [0.3, 0.4) is 0 Å². The lowest BCUT2D eigenvalue weighted by atomic mass is 9.67. The van der Waals surface area contributed by atoms with Gasteiger partial charge in [-0.25, -0.2) is 0 Å². The van der Waals surface area contributed by atoms with Crippen molar-refractivity contribution in [3.8, 4) is 0 Å². The average molecular weight is 306 g/mol. The van der Waals surface area contributed by atoms with E-state index in [4.69, 9.17) is 0 Å². The molecular weight excluding hydrogens is 284 g/mol. The molecule has 0 radical (unpaired) electrons. The van der Waals surface area contributed by atoms with Gasteiger partial charge in [-0.3, -0.25) is 0 Å². The van der Waals surface area contributed by atoms with Gasteiger partial charge in [0.25, 0.3) is 0 Å². The van der Waals surface area contributed by atoms with Gasteiger partial charge >= 0.3 is 0 Å². The van der Waals surface area contributed by atoms with E-state index in [0.717, 1.165) is 18.6 Å². The van der Waals surface area contributed by atoms with Crippen LogP contribution >= 0.6 is 0 Å². The van der Waals surface area contributed by atoms with Gasteiger partial charge < -0.3 is 10.5 Å². The van der Waals surface area contributed by atoms with Gasteiger partial charge in [-0.05, 0) is 24.0 Å². The molecule has 3 heteroatoms. The highest BCUT2D eigenvalue weighted by Crippen LogP contribution is 2.46. The predicted octanol–water partition coefficient (Wildman–Crippen LogP) is 4.32. The summed E-state index contributed by atoms with van der Waals surface area (Å²) in [7, 11) is 0. The van der Waals surface area contributed by atoms with E-state index < -0.39 is 0 Å². The largest absolute Gasteiger partial charge is 0.411 e. The zero-order valence-corrected chi connectivity index (χ0v) is 13.1. The van der Waals surface area contributed by atoms with Crippen LogP contribution in [0.5, 0.6) is 0 Å². The predicted molar refractivity (Wildman–Crippen MR) is 91.6 cm³/mol. The second kappa shape index (κ2) is 6.17. The summed E-state index contributed by atoms with van der Waals surface area (Å²) in [6, 6.07) is 21.5. The Morgan fingerprint density at radius 2 is 1.26 bits per heavy atom. The van der Waals surface area contributed by atoms with E-state index in [9.17, 15) is 5.21 Å². The first-order valence-corrected chi connectivity index (χ1v) is 8.46. The molecule has 4 atom stereocenters. The van der Waals surface area contributed by atoms with Crippen LogP contribution in [0.2, 0.25) is 0 Å². The highest BCUT2D eigenvalue weighted by Gasteiger charge is 2.45. The zero-order chi connectivity index (χ0) is 15.6. The van der Waals surface area contributed by atoms with Crippen LogP contribution < -0.4 is 5.32 Å². The van der Waals surface area contributed by atoms with Crippen LogP contribution in [0, 0.1) is 11.8 Å². The zero-order valence-electron chi connectivity index (χ0n) is 13.1. The van der Waals surface area contributed by atoms with E-state index in [-0.39, 0.29) is 12.1 Å². The molecule has 2 aromatic rings. The lowest BCUT2D eigenvalue weighted by Gasteiger charge is -2.46. The summed E-state index contributed by atoms with van der Waals surface area (Å²) in [6.07, 6.45) is 3.37. The van der Waals surface area contributed by atoms with E-state index in [1.165, 1.54) is 17.5 Å². The summed E-state index contributed by atoms with van der Waals surface area (Å²) < 4.78 is 0. The SMILES string of the molecule is ON=C1[C@H]2CCC[C@H]1[C@H](c1ccccc1)N[C@H]2c1ccccc1. The minimum atomic E-state index is 0.212. The van der Waals surface area contributed by atoms with E-state index in [0.29, 0.717) is 11.8 Å². The van der Waals surface area contributed by atoms with E-state index in [1.807, 2.05) is 12.1 Å². The third-order valence-electron chi connectivity index (χ3n) is 5.39. The normalized spacial score (nSPS) is 30.0. The molecule has 3 nitrogen and oxygen atoms in total. The highest BCUT2D eigenvalue weighted by molar-refractivity contribution is 5.91. The Kier molecular flexibility index (Phi) is 3.88. The van der Waals surface area contributed by atoms with Crippen molar-refractivity contribution in [1.29, 1.82) is 0 Å². The molecule has 2 bridgehead atoms. The van der Waals surface area contributed by atoms with E-state index >= 15 is 0 Å². The summed E-state index contributed by atoms with van der Waals surface area (Å²) in [4.78, 5) is 0. The standard InChI is InChI=1S/C20H22N2O/c23-22-20-16-12-7-13-17(20)19(15-10-5-2-6-11-15)21-18(16)14-8-3-1-4-9-14/h1-6,8-11,16-19,21,23H,7,12-13H2/t16-,17-,18-,19-/m0/s1. The molecule has 0 amide bonds. The minimum Gasteiger partial charge on any atom is -0.411 e. The molecule has 1 aliphatic carbocycles. The molecule has 2 fully saturated rings. The van der Waals surface area contributed by atoms with Crippen molar-refractivity contribution in [1.82, 2.24) is 5.32 Å². The van der Waals surface area contributed by atoms with Crippen molar-refractivity contribution >= 4 is 5.71 Å². The van der Waals surface area contributed by atoms with Gasteiger partial charge in [-0.1, -0.05) is 72.2 Å². The number of fused-ring (bicyclic) bond motifs is 2. The Hall–Kier alpha value is -2.13. The third kappa shape index (κ3) is 2.55. The smallest absolute Gasteiger partial charge is 0.0670 e. The molecule has 2 N–H and O–H groups in total. The van der Waals surface area contributed by atoms with Gasteiger partial charge in [0, 0.05) is 23.9 Å². The van der Waals surface area contributed by atoms with Gasteiger partial charge in [0.15, 0.2) is 0 Å². The summed E-state index contributed by atoms with van der Waals surface area (Å²) in [6.45, 7) is 0.